The van der Waals surface area contributed by atoms with Crippen LogP contribution in [0.2, 0.25) is 0 Å². The molecule has 0 saturated carbocycles. The number of aliphatic carboxylic acids is 1. The van der Waals surface area contributed by atoms with Crippen LogP contribution in [0.25, 0.3) is 0 Å². The minimum atomic E-state index is -0.965. The normalized spacial score (nSPS) is 22.6. The Morgan fingerprint density at radius 1 is 1.44 bits per heavy atom. The molecular weight excluding hydrogens is 234 g/mol. The molecule has 104 valence electrons. The highest BCUT2D eigenvalue weighted by molar-refractivity contribution is 5.82. The zero-order chi connectivity index (χ0) is 13.7. The number of nitrogens with zero attached hydrogens (tertiary/aromatic N) is 2. The number of rotatable bonds is 4. The summed E-state index contributed by atoms with van der Waals surface area (Å²) in [6.07, 6.45) is 1.20. The zero-order valence-corrected chi connectivity index (χ0v) is 11.3. The molecule has 1 rings (SSSR count). The van der Waals surface area contributed by atoms with Crippen molar-refractivity contribution in [1.29, 1.82) is 0 Å². The summed E-state index contributed by atoms with van der Waals surface area (Å²) >= 11 is 0. The summed E-state index contributed by atoms with van der Waals surface area (Å²) < 4.78 is 0. The number of hydrogen-bond acceptors (Lipinski definition) is 3. The van der Waals surface area contributed by atoms with Crippen molar-refractivity contribution in [3.63, 3.8) is 0 Å². The van der Waals surface area contributed by atoms with Crippen LogP contribution in [0, 0.1) is 0 Å². The minimum absolute atomic E-state index is 0.268. The molecule has 6 nitrogen and oxygen atoms in total. The Morgan fingerprint density at radius 2 is 2.11 bits per heavy atom. The maximum Gasteiger partial charge on any atom is 0.326 e. The average Bonchev–Trinajstić information content (AvgIpc) is 2.31. The molecule has 0 aromatic rings. The van der Waals surface area contributed by atoms with Gasteiger partial charge in [-0.15, -0.1) is 0 Å². The largest absolute Gasteiger partial charge is 0.480 e. The Bertz CT molecular complexity index is 309. The van der Waals surface area contributed by atoms with Gasteiger partial charge in [0.15, 0.2) is 0 Å². The van der Waals surface area contributed by atoms with Crippen LogP contribution < -0.4 is 5.32 Å². The summed E-state index contributed by atoms with van der Waals surface area (Å²) in [6.45, 7) is 6.06. The number of carboxylic acid groups (broad SMARTS) is 1. The number of urea groups is 1. The molecular formula is C12H23N3O3. The summed E-state index contributed by atoms with van der Waals surface area (Å²) in [6, 6.07) is -0.743. The molecule has 2 N–H and O–H groups in total. The summed E-state index contributed by atoms with van der Waals surface area (Å²) in [5, 5.41) is 11.6. The smallest absolute Gasteiger partial charge is 0.326 e. The van der Waals surface area contributed by atoms with E-state index in [-0.39, 0.29) is 6.03 Å². The summed E-state index contributed by atoms with van der Waals surface area (Å²) in [4.78, 5) is 26.8. The highest BCUT2D eigenvalue weighted by Crippen LogP contribution is 2.08. The Labute approximate surface area is 108 Å². The fraction of sp³-hybridized carbons (Fsp3) is 0.833. The first-order valence-corrected chi connectivity index (χ1v) is 6.44. The first-order valence-electron chi connectivity index (χ1n) is 6.44. The van der Waals surface area contributed by atoms with Crippen LogP contribution in [0.5, 0.6) is 0 Å². The second-order valence-electron chi connectivity index (χ2n) is 4.90. The maximum absolute atomic E-state index is 12.0. The van der Waals surface area contributed by atoms with E-state index in [4.69, 9.17) is 5.11 Å². The van der Waals surface area contributed by atoms with E-state index in [0.29, 0.717) is 25.6 Å². The predicted octanol–water partition coefficient (Wildman–Crippen LogP) is 0.585. The van der Waals surface area contributed by atoms with E-state index >= 15 is 0 Å². The number of nitrogens with one attached hydrogen (secondary N) is 1. The number of carboxylic acids is 1. The summed E-state index contributed by atoms with van der Waals surface area (Å²) in [5.41, 5.74) is 0. The minimum Gasteiger partial charge on any atom is -0.480 e. The fourth-order valence-corrected chi connectivity index (χ4v) is 2.02. The standard InChI is InChI=1S/C12H23N3O3/c1-4-5-10(11(16)17)13-12(18)15-7-6-14(3)9(2)8-15/h9-10H,4-8H2,1-3H3,(H,13,18)(H,16,17)/t9?,10-/m0/s1. The van der Waals surface area contributed by atoms with E-state index < -0.39 is 12.0 Å². The van der Waals surface area contributed by atoms with Gasteiger partial charge < -0.3 is 20.2 Å². The lowest BCUT2D eigenvalue weighted by atomic mass is 10.1. The van der Waals surface area contributed by atoms with Gasteiger partial charge in [-0.25, -0.2) is 9.59 Å². The van der Waals surface area contributed by atoms with E-state index in [1.165, 1.54) is 0 Å². The molecule has 1 fully saturated rings. The van der Waals surface area contributed by atoms with Gasteiger partial charge in [-0.3, -0.25) is 0 Å². The molecule has 1 unspecified atom stereocenters. The Balaban J connectivity index is 2.51. The molecule has 0 aromatic carbocycles. The van der Waals surface area contributed by atoms with Crippen LogP contribution in [0.1, 0.15) is 26.7 Å². The van der Waals surface area contributed by atoms with Crippen molar-refractivity contribution in [1.82, 2.24) is 15.1 Å². The maximum atomic E-state index is 12.0. The van der Waals surface area contributed by atoms with Crippen molar-refractivity contribution in [3.05, 3.63) is 0 Å². The van der Waals surface area contributed by atoms with Gasteiger partial charge in [0, 0.05) is 25.7 Å². The molecule has 1 heterocycles. The molecule has 1 aliphatic rings. The first kappa shape index (κ1) is 14.8. The third-order valence-electron chi connectivity index (χ3n) is 3.42. The number of likely N-dealkylation sites (N-methyl/N-ethyl adjacent to an activating group) is 1. The van der Waals surface area contributed by atoms with Gasteiger partial charge in [0.2, 0.25) is 0 Å². The lowest BCUT2D eigenvalue weighted by molar-refractivity contribution is -0.139. The van der Waals surface area contributed by atoms with Crippen molar-refractivity contribution >= 4 is 12.0 Å². The van der Waals surface area contributed by atoms with Gasteiger partial charge in [-0.1, -0.05) is 13.3 Å². The van der Waals surface area contributed by atoms with Gasteiger partial charge >= 0.3 is 12.0 Å². The second-order valence-corrected chi connectivity index (χ2v) is 4.90. The Hall–Kier alpha value is -1.30. The number of piperazine rings is 1. The van der Waals surface area contributed by atoms with Crippen molar-refractivity contribution < 1.29 is 14.7 Å². The van der Waals surface area contributed by atoms with Crippen molar-refractivity contribution in [2.45, 2.75) is 38.8 Å². The lowest BCUT2D eigenvalue weighted by Crippen LogP contribution is -2.56. The Morgan fingerprint density at radius 3 is 2.61 bits per heavy atom. The van der Waals surface area contributed by atoms with Crippen molar-refractivity contribution in [2.24, 2.45) is 0 Å². The number of amides is 2. The second kappa shape index (κ2) is 6.58. The number of hydrogen-bond donors (Lipinski definition) is 2. The topological polar surface area (TPSA) is 72.9 Å². The predicted molar refractivity (Wildman–Crippen MR) is 68.5 cm³/mol. The monoisotopic (exact) mass is 257 g/mol. The van der Waals surface area contributed by atoms with E-state index in [9.17, 15) is 9.59 Å². The highest BCUT2D eigenvalue weighted by Gasteiger charge is 2.27. The first-order chi connectivity index (χ1) is 8.45. The lowest BCUT2D eigenvalue weighted by Gasteiger charge is -2.38. The van der Waals surface area contributed by atoms with Crippen LogP contribution in [-0.2, 0) is 4.79 Å². The van der Waals surface area contributed by atoms with Gasteiger partial charge in [0.05, 0.1) is 0 Å². The van der Waals surface area contributed by atoms with E-state index in [0.717, 1.165) is 13.0 Å². The molecule has 0 spiro atoms. The van der Waals surface area contributed by atoms with Crippen LogP contribution in [0.15, 0.2) is 0 Å². The molecule has 2 atom stereocenters. The molecule has 1 saturated heterocycles. The number of carbonyl (C=O) groups is 2. The molecule has 1 aliphatic heterocycles. The van der Waals surface area contributed by atoms with Gasteiger partial charge in [-0.05, 0) is 20.4 Å². The van der Waals surface area contributed by atoms with E-state index in [1.807, 2.05) is 14.0 Å². The Kier molecular flexibility index (Phi) is 5.40. The number of carbonyl (C=O) groups excluding carboxylic acids is 1. The molecule has 6 heteroatoms. The van der Waals surface area contributed by atoms with Crippen LogP contribution in [-0.4, -0.2) is 65.7 Å². The summed E-state index contributed by atoms with van der Waals surface area (Å²) in [5.74, 6) is -0.965. The SMILES string of the molecule is CCC[C@H](NC(=O)N1CCN(C)C(C)C1)C(=O)O. The average molecular weight is 257 g/mol. The third-order valence-corrected chi connectivity index (χ3v) is 3.42. The molecule has 2 amide bonds. The molecule has 18 heavy (non-hydrogen) atoms. The fourth-order valence-electron chi connectivity index (χ4n) is 2.02. The van der Waals surface area contributed by atoms with Gasteiger partial charge in [0.25, 0.3) is 0 Å². The summed E-state index contributed by atoms with van der Waals surface area (Å²) in [7, 11) is 2.02. The van der Waals surface area contributed by atoms with Crippen LogP contribution in [0.3, 0.4) is 0 Å². The van der Waals surface area contributed by atoms with Gasteiger partial charge in [-0.2, -0.15) is 0 Å². The molecule has 0 radical (unpaired) electrons. The quantitative estimate of drug-likeness (QED) is 0.773. The highest BCUT2D eigenvalue weighted by atomic mass is 16.4. The molecule has 0 bridgehead atoms. The van der Waals surface area contributed by atoms with Crippen LogP contribution >= 0.6 is 0 Å². The third kappa shape index (κ3) is 3.87. The van der Waals surface area contributed by atoms with E-state index in [1.54, 1.807) is 4.90 Å². The van der Waals surface area contributed by atoms with Gasteiger partial charge in [0.1, 0.15) is 6.04 Å². The zero-order valence-electron chi connectivity index (χ0n) is 11.3. The van der Waals surface area contributed by atoms with E-state index in [2.05, 4.69) is 17.1 Å². The molecule has 0 aromatic heterocycles. The van der Waals surface area contributed by atoms with Crippen molar-refractivity contribution in [3.8, 4) is 0 Å². The van der Waals surface area contributed by atoms with Crippen LogP contribution in [0.4, 0.5) is 4.79 Å². The van der Waals surface area contributed by atoms with Crippen molar-refractivity contribution in [2.75, 3.05) is 26.7 Å². The molecule has 0 aliphatic carbocycles.